The molecular weight excluding hydrogens is 425 g/mol. The molecule has 0 fully saturated rings. The lowest BCUT2D eigenvalue weighted by molar-refractivity contribution is 0.312. The van der Waals surface area contributed by atoms with Crippen LogP contribution in [0.3, 0.4) is 0 Å². The van der Waals surface area contributed by atoms with Crippen LogP contribution in [0, 0.1) is 26.2 Å². The highest BCUT2D eigenvalue weighted by Gasteiger charge is 2.21. The number of benzene rings is 3. The monoisotopic (exact) mass is 453 g/mol. The molecule has 1 aliphatic rings. The topological polar surface area (TPSA) is 48.3 Å². The van der Waals surface area contributed by atoms with Gasteiger partial charge in [-0.2, -0.15) is 5.10 Å². The van der Waals surface area contributed by atoms with Crippen molar-refractivity contribution >= 4 is 16.6 Å². The zero-order valence-electron chi connectivity index (χ0n) is 20.0. The minimum atomic E-state index is -0.313. The SMILES string of the molecule is [C-]#[N+]c1cc2[nH]nc(-c3cc(C)c4c(c3)CN(C)CC4)c2cc1-c1c(C)cc(CNC)cc1F. The van der Waals surface area contributed by atoms with Gasteiger partial charge in [-0.05, 0) is 92.0 Å². The molecule has 172 valence electrons. The van der Waals surface area contributed by atoms with Crippen molar-refractivity contribution in [1.29, 1.82) is 0 Å². The summed E-state index contributed by atoms with van der Waals surface area (Å²) >= 11 is 0. The van der Waals surface area contributed by atoms with Crippen molar-refractivity contribution in [2.24, 2.45) is 0 Å². The fourth-order valence-electron chi connectivity index (χ4n) is 5.23. The van der Waals surface area contributed by atoms with Crippen molar-refractivity contribution in [3.05, 3.63) is 81.4 Å². The molecule has 5 nitrogen and oxygen atoms in total. The Hall–Kier alpha value is -3.53. The smallest absolute Gasteiger partial charge is 0.197 e. The second-order valence-electron chi connectivity index (χ2n) is 9.32. The molecule has 0 aliphatic carbocycles. The van der Waals surface area contributed by atoms with Crippen LogP contribution in [0.2, 0.25) is 0 Å². The maximum absolute atomic E-state index is 15.3. The van der Waals surface area contributed by atoms with E-state index in [1.54, 1.807) is 12.1 Å². The van der Waals surface area contributed by atoms with Crippen LogP contribution in [0.1, 0.15) is 27.8 Å². The normalized spacial score (nSPS) is 13.8. The predicted octanol–water partition coefficient (Wildman–Crippen LogP) is 5.91. The average Bonchev–Trinajstić information content (AvgIpc) is 3.20. The summed E-state index contributed by atoms with van der Waals surface area (Å²) in [5.74, 6) is -0.313. The van der Waals surface area contributed by atoms with E-state index in [9.17, 15) is 0 Å². The lowest BCUT2D eigenvalue weighted by atomic mass is 9.91. The van der Waals surface area contributed by atoms with E-state index in [0.29, 0.717) is 23.4 Å². The van der Waals surface area contributed by atoms with Gasteiger partial charge in [0.15, 0.2) is 5.69 Å². The van der Waals surface area contributed by atoms with Gasteiger partial charge < -0.3 is 10.2 Å². The van der Waals surface area contributed by atoms with Gasteiger partial charge >= 0.3 is 0 Å². The molecule has 0 atom stereocenters. The Labute approximate surface area is 199 Å². The third kappa shape index (κ3) is 3.77. The van der Waals surface area contributed by atoms with Crippen LogP contribution in [0.5, 0.6) is 0 Å². The molecule has 2 heterocycles. The van der Waals surface area contributed by atoms with E-state index in [0.717, 1.165) is 52.8 Å². The first-order valence-corrected chi connectivity index (χ1v) is 11.5. The Morgan fingerprint density at radius 3 is 2.71 bits per heavy atom. The molecule has 4 aromatic rings. The van der Waals surface area contributed by atoms with Crippen molar-refractivity contribution in [2.45, 2.75) is 33.4 Å². The van der Waals surface area contributed by atoms with E-state index >= 15 is 4.39 Å². The number of hydrogen-bond acceptors (Lipinski definition) is 3. The van der Waals surface area contributed by atoms with Crippen molar-refractivity contribution in [2.75, 3.05) is 20.6 Å². The van der Waals surface area contributed by atoms with Crippen molar-refractivity contribution < 1.29 is 4.39 Å². The summed E-state index contributed by atoms with van der Waals surface area (Å²) in [6, 6.07) is 11.7. The van der Waals surface area contributed by atoms with Gasteiger partial charge in [0, 0.05) is 36.1 Å². The molecule has 0 amide bonds. The predicted molar refractivity (Wildman–Crippen MR) is 135 cm³/mol. The number of aromatic amines is 1. The second-order valence-corrected chi connectivity index (χ2v) is 9.32. The van der Waals surface area contributed by atoms with E-state index in [-0.39, 0.29) is 5.82 Å². The Morgan fingerprint density at radius 1 is 1.15 bits per heavy atom. The number of aromatic nitrogens is 2. The molecule has 0 saturated heterocycles. The molecule has 5 rings (SSSR count). The molecule has 0 bridgehead atoms. The van der Waals surface area contributed by atoms with Crippen molar-refractivity contribution in [3.8, 4) is 22.4 Å². The molecule has 6 heteroatoms. The van der Waals surface area contributed by atoms with Crippen LogP contribution in [-0.4, -0.2) is 35.7 Å². The first kappa shape index (κ1) is 22.3. The molecule has 1 aliphatic heterocycles. The molecule has 3 aromatic carbocycles. The fourth-order valence-corrected chi connectivity index (χ4v) is 5.23. The zero-order valence-corrected chi connectivity index (χ0v) is 20.0. The number of aryl methyl sites for hydroxylation is 2. The number of nitrogens with one attached hydrogen (secondary N) is 2. The summed E-state index contributed by atoms with van der Waals surface area (Å²) in [7, 11) is 3.98. The van der Waals surface area contributed by atoms with E-state index in [1.807, 2.05) is 26.1 Å². The Morgan fingerprint density at radius 2 is 1.97 bits per heavy atom. The quantitative estimate of drug-likeness (QED) is 0.378. The number of hydrogen-bond donors (Lipinski definition) is 2. The molecule has 0 saturated carbocycles. The minimum absolute atomic E-state index is 0.313. The molecule has 2 N–H and O–H groups in total. The van der Waals surface area contributed by atoms with Gasteiger partial charge in [0.2, 0.25) is 0 Å². The summed E-state index contributed by atoms with van der Waals surface area (Å²) in [6.07, 6.45) is 1.06. The highest BCUT2D eigenvalue weighted by atomic mass is 19.1. The highest BCUT2D eigenvalue weighted by Crippen LogP contribution is 2.40. The lowest BCUT2D eigenvalue weighted by Crippen LogP contribution is -2.27. The summed E-state index contributed by atoms with van der Waals surface area (Å²) < 4.78 is 15.3. The average molecular weight is 454 g/mol. The van der Waals surface area contributed by atoms with Crippen LogP contribution in [-0.2, 0) is 19.5 Å². The Bertz CT molecular complexity index is 1440. The summed E-state index contributed by atoms with van der Waals surface area (Å²) in [6.45, 7) is 14.4. The molecule has 0 unspecified atom stereocenters. The molecule has 0 spiro atoms. The van der Waals surface area contributed by atoms with Crippen LogP contribution in [0.25, 0.3) is 38.1 Å². The van der Waals surface area contributed by atoms with Gasteiger partial charge in [0.25, 0.3) is 0 Å². The van der Waals surface area contributed by atoms with E-state index in [2.05, 4.69) is 51.4 Å². The van der Waals surface area contributed by atoms with Gasteiger partial charge in [-0.3, -0.25) is 5.10 Å². The number of nitrogens with zero attached hydrogens (tertiary/aromatic N) is 3. The van der Waals surface area contributed by atoms with Gasteiger partial charge in [-0.15, -0.1) is 0 Å². The molecule has 34 heavy (non-hydrogen) atoms. The molecule has 1 aromatic heterocycles. The lowest BCUT2D eigenvalue weighted by Gasteiger charge is -2.26. The van der Waals surface area contributed by atoms with E-state index in [4.69, 9.17) is 6.57 Å². The first-order valence-electron chi connectivity index (χ1n) is 11.5. The molecule has 0 radical (unpaired) electrons. The maximum atomic E-state index is 15.3. The highest BCUT2D eigenvalue weighted by molar-refractivity contribution is 6.00. The van der Waals surface area contributed by atoms with Crippen LogP contribution in [0.15, 0.2) is 36.4 Å². The number of H-pyrrole nitrogens is 1. The third-order valence-corrected chi connectivity index (χ3v) is 6.82. The zero-order chi connectivity index (χ0) is 24.0. The number of likely N-dealkylation sites (N-methyl/N-ethyl adjacent to an activating group) is 1. The maximum Gasteiger partial charge on any atom is 0.197 e. The summed E-state index contributed by atoms with van der Waals surface area (Å²) in [5, 5.41) is 11.7. The Balaban J connectivity index is 1.69. The van der Waals surface area contributed by atoms with Crippen molar-refractivity contribution in [3.63, 3.8) is 0 Å². The van der Waals surface area contributed by atoms with Gasteiger partial charge in [-0.1, -0.05) is 12.1 Å². The number of halogens is 1. The van der Waals surface area contributed by atoms with E-state index < -0.39 is 0 Å². The third-order valence-electron chi connectivity index (χ3n) is 6.82. The standard InChI is InChI=1S/C28H28FN5/c1-16-9-19(11-20-15-34(5)7-6-21(16)20)28-23-12-22(25(31-4)13-26(23)32-33-28)27-17(2)8-18(14-30-3)10-24(27)29/h8-13,30H,6-7,14-15H2,1-3,5H3,(H,32,33). The summed E-state index contributed by atoms with van der Waals surface area (Å²) in [4.78, 5) is 6.05. The van der Waals surface area contributed by atoms with Crippen LogP contribution in [0.4, 0.5) is 10.1 Å². The van der Waals surface area contributed by atoms with Gasteiger partial charge in [-0.25, -0.2) is 9.24 Å². The number of rotatable bonds is 4. The molecular formula is C28H28FN5. The second kappa shape index (κ2) is 8.68. The largest absolute Gasteiger partial charge is 0.316 e. The first-order chi connectivity index (χ1) is 16.4. The fraction of sp³-hybridized carbons (Fsp3) is 0.286. The van der Waals surface area contributed by atoms with E-state index in [1.165, 1.54) is 16.7 Å². The van der Waals surface area contributed by atoms with Gasteiger partial charge in [0.05, 0.1) is 17.8 Å². The minimum Gasteiger partial charge on any atom is -0.316 e. The Kier molecular flexibility index (Phi) is 5.68. The number of fused-ring (bicyclic) bond motifs is 2. The van der Waals surface area contributed by atoms with Crippen LogP contribution >= 0.6 is 0 Å². The van der Waals surface area contributed by atoms with Gasteiger partial charge in [0.1, 0.15) is 5.82 Å². The van der Waals surface area contributed by atoms with Crippen LogP contribution < -0.4 is 5.32 Å². The summed E-state index contributed by atoms with van der Waals surface area (Å²) in [5.41, 5.74) is 9.87. The van der Waals surface area contributed by atoms with Crippen molar-refractivity contribution in [1.82, 2.24) is 20.4 Å².